The van der Waals surface area contributed by atoms with Gasteiger partial charge in [0.05, 0.1) is 19.8 Å². The minimum Gasteiger partial charge on any atom is -0.379 e. The average Bonchev–Trinajstić information content (AvgIpc) is 2.16. The molecule has 0 aliphatic carbocycles. The van der Waals surface area contributed by atoms with E-state index >= 15 is 0 Å². The van der Waals surface area contributed by atoms with Crippen LogP contribution in [0.1, 0.15) is 33.1 Å². The first-order valence-electron chi connectivity index (χ1n) is 5.22. The SMILES string of the molecule is CCCCOCCOCC(N)CC. The fraction of sp³-hybridized carbons (Fsp3) is 1.00. The van der Waals surface area contributed by atoms with Gasteiger partial charge in [-0.05, 0) is 12.8 Å². The lowest BCUT2D eigenvalue weighted by molar-refractivity contribution is 0.0414. The van der Waals surface area contributed by atoms with Crippen LogP contribution in [0, 0.1) is 0 Å². The maximum atomic E-state index is 5.67. The number of rotatable bonds is 9. The van der Waals surface area contributed by atoms with Crippen LogP contribution in [0.25, 0.3) is 0 Å². The van der Waals surface area contributed by atoms with Gasteiger partial charge in [0.25, 0.3) is 0 Å². The van der Waals surface area contributed by atoms with Crippen LogP contribution in [-0.4, -0.2) is 32.5 Å². The summed E-state index contributed by atoms with van der Waals surface area (Å²) < 4.78 is 10.6. The highest BCUT2D eigenvalue weighted by Gasteiger charge is 1.97. The molecule has 0 saturated carbocycles. The van der Waals surface area contributed by atoms with Gasteiger partial charge in [-0.25, -0.2) is 0 Å². The predicted molar refractivity (Wildman–Crippen MR) is 54.8 cm³/mol. The Labute approximate surface area is 81.6 Å². The van der Waals surface area contributed by atoms with Crippen LogP contribution < -0.4 is 5.73 Å². The highest BCUT2D eigenvalue weighted by molar-refractivity contribution is 4.54. The Hall–Kier alpha value is -0.120. The molecule has 0 aromatic carbocycles. The molecule has 3 nitrogen and oxygen atoms in total. The summed E-state index contributed by atoms with van der Waals surface area (Å²) in [6, 6.07) is 0.177. The molecule has 2 N–H and O–H groups in total. The number of nitrogens with two attached hydrogens (primary N) is 1. The molecule has 1 atom stereocenters. The zero-order valence-corrected chi connectivity index (χ0v) is 8.92. The van der Waals surface area contributed by atoms with E-state index in [0.717, 1.165) is 19.4 Å². The van der Waals surface area contributed by atoms with Crippen LogP contribution in [0.2, 0.25) is 0 Å². The summed E-state index contributed by atoms with van der Waals surface area (Å²) in [6.45, 7) is 7.06. The topological polar surface area (TPSA) is 44.5 Å². The van der Waals surface area contributed by atoms with Gasteiger partial charge in [-0.15, -0.1) is 0 Å². The van der Waals surface area contributed by atoms with Gasteiger partial charge in [0.2, 0.25) is 0 Å². The van der Waals surface area contributed by atoms with Crippen molar-refractivity contribution in [3.8, 4) is 0 Å². The highest BCUT2D eigenvalue weighted by Crippen LogP contribution is 1.90. The molecule has 0 aliphatic heterocycles. The molecule has 0 radical (unpaired) electrons. The number of unbranched alkanes of at least 4 members (excludes halogenated alkanes) is 1. The molecule has 0 spiro atoms. The third kappa shape index (κ3) is 9.80. The molecule has 80 valence electrons. The van der Waals surface area contributed by atoms with E-state index in [4.69, 9.17) is 15.2 Å². The Bertz CT molecular complexity index is 98.9. The van der Waals surface area contributed by atoms with Crippen molar-refractivity contribution >= 4 is 0 Å². The Morgan fingerprint density at radius 1 is 1.08 bits per heavy atom. The molecular formula is C10H23NO2. The number of hydrogen-bond donors (Lipinski definition) is 1. The standard InChI is InChI=1S/C10H23NO2/c1-3-5-6-12-7-8-13-9-10(11)4-2/h10H,3-9,11H2,1-2H3. The van der Waals surface area contributed by atoms with Gasteiger partial charge < -0.3 is 15.2 Å². The second-order valence-electron chi connectivity index (χ2n) is 3.21. The first kappa shape index (κ1) is 12.9. The van der Waals surface area contributed by atoms with Gasteiger partial charge in [-0.1, -0.05) is 20.3 Å². The van der Waals surface area contributed by atoms with Crippen LogP contribution in [0.3, 0.4) is 0 Å². The molecule has 13 heavy (non-hydrogen) atoms. The summed E-state index contributed by atoms with van der Waals surface area (Å²) in [4.78, 5) is 0. The second kappa shape index (κ2) is 9.96. The zero-order chi connectivity index (χ0) is 9.94. The molecular weight excluding hydrogens is 166 g/mol. The minimum atomic E-state index is 0.177. The smallest absolute Gasteiger partial charge is 0.0701 e. The third-order valence-corrected chi connectivity index (χ3v) is 1.87. The fourth-order valence-electron chi connectivity index (χ4n) is 0.819. The van der Waals surface area contributed by atoms with Crippen molar-refractivity contribution in [3.63, 3.8) is 0 Å². The minimum absolute atomic E-state index is 0.177. The van der Waals surface area contributed by atoms with Crippen molar-refractivity contribution in [2.45, 2.75) is 39.2 Å². The zero-order valence-electron chi connectivity index (χ0n) is 8.92. The van der Waals surface area contributed by atoms with Gasteiger partial charge in [-0.3, -0.25) is 0 Å². The molecule has 0 aromatic rings. The van der Waals surface area contributed by atoms with Crippen LogP contribution >= 0.6 is 0 Å². The summed E-state index contributed by atoms with van der Waals surface area (Å²) in [7, 11) is 0. The second-order valence-corrected chi connectivity index (χ2v) is 3.21. The van der Waals surface area contributed by atoms with Crippen LogP contribution in [0.15, 0.2) is 0 Å². The van der Waals surface area contributed by atoms with Crippen molar-refractivity contribution in [1.82, 2.24) is 0 Å². The van der Waals surface area contributed by atoms with Crippen molar-refractivity contribution in [3.05, 3.63) is 0 Å². The summed E-state index contributed by atoms with van der Waals surface area (Å²) in [5.74, 6) is 0. The van der Waals surface area contributed by atoms with Crippen LogP contribution in [-0.2, 0) is 9.47 Å². The van der Waals surface area contributed by atoms with E-state index in [0.29, 0.717) is 19.8 Å². The van der Waals surface area contributed by atoms with E-state index in [2.05, 4.69) is 13.8 Å². The van der Waals surface area contributed by atoms with E-state index in [1.807, 2.05) is 0 Å². The van der Waals surface area contributed by atoms with Gasteiger partial charge in [0.15, 0.2) is 0 Å². The molecule has 3 heteroatoms. The summed E-state index contributed by atoms with van der Waals surface area (Å²) in [6.07, 6.45) is 3.28. The van der Waals surface area contributed by atoms with Crippen molar-refractivity contribution < 1.29 is 9.47 Å². The lowest BCUT2D eigenvalue weighted by Gasteiger charge is -2.09. The third-order valence-electron chi connectivity index (χ3n) is 1.87. The maximum absolute atomic E-state index is 5.67. The largest absolute Gasteiger partial charge is 0.379 e. The first-order chi connectivity index (χ1) is 6.31. The van der Waals surface area contributed by atoms with Gasteiger partial charge >= 0.3 is 0 Å². The molecule has 0 heterocycles. The van der Waals surface area contributed by atoms with Crippen LogP contribution in [0.4, 0.5) is 0 Å². The van der Waals surface area contributed by atoms with Crippen molar-refractivity contribution in [2.75, 3.05) is 26.4 Å². The van der Waals surface area contributed by atoms with Gasteiger partial charge in [-0.2, -0.15) is 0 Å². The fourth-order valence-corrected chi connectivity index (χ4v) is 0.819. The van der Waals surface area contributed by atoms with E-state index in [-0.39, 0.29) is 6.04 Å². The quantitative estimate of drug-likeness (QED) is 0.560. The molecule has 0 rings (SSSR count). The number of ether oxygens (including phenoxy) is 2. The molecule has 0 aromatic heterocycles. The molecule has 0 amide bonds. The van der Waals surface area contributed by atoms with Gasteiger partial charge in [0.1, 0.15) is 0 Å². The van der Waals surface area contributed by atoms with Crippen molar-refractivity contribution in [1.29, 1.82) is 0 Å². The van der Waals surface area contributed by atoms with E-state index in [1.54, 1.807) is 0 Å². The lowest BCUT2D eigenvalue weighted by atomic mass is 10.3. The lowest BCUT2D eigenvalue weighted by Crippen LogP contribution is -2.25. The Kier molecular flexibility index (Phi) is 9.87. The molecule has 0 bridgehead atoms. The average molecular weight is 189 g/mol. The molecule has 0 fully saturated rings. The predicted octanol–water partition coefficient (Wildman–Crippen LogP) is 1.56. The van der Waals surface area contributed by atoms with Gasteiger partial charge in [0, 0.05) is 12.6 Å². The van der Waals surface area contributed by atoms with E-state index in [1.165, 1.54) is 6.42 Å². The normalized spacial score (nSPS) is 13.2. The Balaban J connectivity index is 2.91. The number of hydrogen-bond acceptors (Lipinski definition) is 3. The monoisotopic (exact) mass is 189 g/mol. The molecule has 1 unspecified atom stereocenters. The summed E-state index contributed by atoms with van der Waals surface area (Å²) in [5, 5.41) is 0. The van der Waals surface area contributed by atoms with E-state index in [9.17, 15) is 0 Å². The summed E-state index contributed by atoms with van der Waals surface area (Å²) in [5.41, 5.74) is 5.67. The van der Waals surface area contributed by atoms with E-state index < -0.39 is 0 Å². The van der Waals surface area contributed by atoms with Crippen LogP contribution in [0.5, 0.6) is 0 Å². The molecule has 0 saturated heterocycles. The Morgan fingerprint density at radius 3 is 2.38 bits per heavy atom. The maximum Gasteiger partial charge on any atom is 0.0701 e. The summed E-state index contributed by atoms with van der Waals surface area (Å²) >= 11 is 0. The molecule has 0 aliphatic rings. The Morgan fingerprint density at radius 2 is 1.77 bits per heavy atom. The van der Waals surface area contributed by atoms with Crippen molar-refractivity contribution in [2.24, 2.45) is 5.73 Å². The highest BCUT2D eigenvalue weighted by atomic mass is 16.5. The first-order valence-corrected chi connectivity index (χ1v) is 5.22.